The van der Waals surface area contributed by atoms with E-state index in [1.165, 1.54) is 0 Å². The van der Waals surface area contributed by atoms with Gasteiger partial charge in [0.1, 0.15) is 18.7 Å². The third kappa shape index (κ3) is 7.38. The van der Waals surface area contributed by atoms with Crippen LogP contribution in [0.5, 0.6) is 0 Å². The Morgan fingerprint density at radius 1 is 0.730 bits per heavy atom. The maximum absolute atomic E-state index is 13.2. The normalized spacial score (nSPS) is 12.3. The quantitative estimate of drug-likeness (QED) is 0.306. The van der Waals surface area contributed by atoms with Crippen LogP contribution in [-0.4, -0.2) is 40.1 Å². The third-order valence-corrected chi connectivity index (χ3v) is 5.79. The molecule has 0 saturated carbocycles. The maximum Gasteiger partial charge on any atom is 0.408 e. The molecule has 3 N–H and O–H groups in total. The van der Waals surface area contributed by atoms with Gasteiger partial charge in [0.05, 0.1) is 5.52 Å². The van der Waals surface area contributed by atoms with Crippen LogP contribution in [0.25, 0.3) is 10.9 Å². The Balaban J connectivity index is 1.45. The number of aliphatic carboxylic acids is 1. The number of carbonyl (C=O) groups excluding carboxylic acids is 2. The molecule has 37 heavy (non-hydrogen) atoms. The van der Waals surface area contributed by atoms with Crippen LogP contribution in [0.4, 0.5) is 4.79 Å². The fourth-order valence-electron chi connectivity index (χ4n) is 3.87. The van der Waals surface area contributed by atoms with Crippen LogP contribution in [0.15, 0.2) is 97.1 Å². The first kappa shape index (κ1) is 25.4. The third-order valence-electron chi connectivity index (χ3n) is 5.79. The predicted octanol–water partition coefficient (Wildman–Crippen LogP) is 3.88. The molecule has 0 unspecified atom stereocenters. The van der Waals surface area contributed by atoms with E-state index in [1.54, 1.807) is 6.07 Å². The van der Waals surface area contributed by atoms with E-state index in [9.17, 15) is 19.5 Å². The van der Waals surface area contributed by atoms with E-state index >= 15 is 0 Å². The summed E-state index contributed by atoms with van der Waals surface area (Å²) in [5.74, 6) is -1.83. The number of hydrogen-bond acceptors (Lipinski definition) is 5. The first-order valence-corrected chi connectivity index (χ1v) is 11.9. The highest BCUT2D eigenvalue weighted by Gasteiger charge is 2.28. The number of carboxylic acid groups (broad SMARTS) is 1. The Hall–Kier alpha value is -4.72. The standard InChI is InChI=1S/C29H27N3O5/c33-27(31-26(28(34)35)18-23-16-15-22-13-7-8-14-24(22)30-23)25(17-20-9-3-1-4-10-20)32-29(36)37-19-21-11-5-2-6-12-21/h1-16,25-26H,17-19H2,(H,31,33)(H,32,36)(H,34,35)/t25-,26+/m0/s1. The van der Waals surface area contributed by atoms with Gasteiger partial charge >= 0.3 is 12.1 Å². The van der Waals surface area contributed by atoms with E-state index in [1.807, 2.05) is 91.0 Å². The average molecular weight is 498 g/mol. The molecule has 188 valence electrons. The minimum Gasteiger partial charge on any atom is -0.480 e. The summed E-state index contributed by atoms with van der Waals surface area (Å²) in [5.41, 5.74) is 2.87. The fraction of sp³-hybridized carbons (Fsp3) is 0.172. The molecule has 0 aliphatic carbocycles. The van der Waals surface area contributed by atoms with Gasteiger partial charge in [-0.1, -0.05) is 84.9 Å². The molecule has 0 spiro atoms. The van der Waals surface area contributed by atoms with E-state index in [2.05, 4.69) is 15.6 Å². The van der Waals surface area contributed by atoms with Crippen LogP contribution in [-0.2, 0) is 33.8 Å². The Morgan fingerprint density at radius 3 is 2.08 bits per heavy atom. The number of carbonyl (C=O) groups is 3. The van der Waals surface area contributed by atoms with Gasteiger partial charge in [-0.3, -0.25) is 9.78 Å². The van der Waals surface area contributed by atoms with Gasteiger partial charge in [0.25, 0.3) is 0 Å². The lowest BCUT2D eigenvalue weighted by atomic mass is 10.0. The molecular weight excluding hydrogens is 470 g/mol. The lowest BCUT2D eigenvalue weighted by molar-refractivity contribution is -0.142. The van der Waals surface area contributed by atoms with Crippen molar-refractivity contribution in [3.8, 4) is 0 Å². The van der Waals surface area contributed by atoms with Crippen molar-refractivity contribution in [3.63, 3.8) is 0 Å². The van der Waals surface area contributed by atoms with Crippen LogP contribution in [0.3, 0.4) is 0 Å². The number of hydrogen-bond donors (Lipinski definition) is 3. The highest BCUT2D eigenvalue weighted by Crippen LogP contribution is 2.13. The SMILES string of the molecule is O=C(N[C@@H](Cc1ccccc1)C(=O)N[C@H](Cc1ccc2ccccc2n1)C(=O)O)OCc1ccccc1. The smallest absolute Gasteiger partial charge is 0.408 e. The van der Waals surface area contributed by atoms with Crippen LogP contribution in [0, 0.1) is 0 Å². The van der Waals surface area contributed by atoms with Crippen molar-refractivity contribution in [1.29, 1.82) is 0 Å². The van der Waals surface area contributed by atoms with Gasteiger partial charge in [0, 0.05) is 23.9 Å². The molecule has 0 fully saturated rings. The summed E-state index contributed by atoms with van der Waals surface area (Å²) in [5, 5.41) is 15.9. The molecular formula is C29H27N3O5. The van der Waals surface area contributed by atoms with E-state index in [0.717, 1.165) is 22.0 Å². The van der Waals surface area contributed by atoms with Crippen molar-refractivity contribution in [2.45, 2.75) is 31.5 Å². The number of pyridine rings is 1. The largest absolute Gasteiger partial charge is 0.480 e. The number of amides is 2. The number of carboxylic acids is 1. The highest BCUT2D eigenvalue weighted by atomic mass is 16.5. The Bertz CT molecular complexity index is 1360. The first-order chi connectivity index (χ1) is 18.0. The molecule has 0 bridgehead atoms. The number of benzene rings is 3. The second-order valence-electron chi connectivity index (χ2n) is 8.55. The molecule has 8 nitrogen and oxygen atoms in total. The molecule has 4 rings (SSSR count). The van der Waals surface area contributed by atoms with Crippen molar-refractivity contribution < 1.29 is 24.2 Å². The second-order valence-corrected chi connectivity index (χ2v) is 8.55. The second kappa shape index (κ2) is 12.3. The average Bonchev–Trinajstić information content (AvgIpc) is 2.92. The van der Waals surface area contributed by atoms with Crippen LogP contribution in [0.2, 0.25) is 0 Å². The van der Waals surface area contributed by atoms with E-state index in [4.69, 9.17) is 4.74 Å². The number of nitrogens with one attached hydrogen (secondary N) is 2. The molecule has 2 atom stereocenters. The zero-order chi connectivity index (χ0) is 26.0. The van der Waals surface area contributed by atoms with Crippen molar-refractivity contribution in [1.82, 2.24) is 15.6 Å². The molecule has 3 aromatic carbocycles. The van der Waals surface area contributed by atoms with Gasteiger partial charge in [-0.15, -0.1) is 0 Å². The maximum atomic E-state index is 13.2. The molecule has 8 heteroatoms. The minimum absolute atomic E-state index is 0.0115. The number of para-hydroxylation sites is 1. The first-order valence-electron chi connectivity index (χ1n) is 11.9. The topological polar surface area (TPSA) is 118 Å². The van der Waals surface area contributed by atoms with Crippen molar-refractivity contribution in [2.75, 3.05) is 0 Å². The fourth-order valence-corrected chi connectivity index (χ4v) is 3.87. The number of alkyl carbamates (subject to hydrolysis) is 1. The summed E-state index contributed by atoms with van der Waals surface area (Å²) in [7, 11) is 0. The summed E-state index contributed by atoms with van der Waals surface area (Å²) in [6, 6.07) is 27.1. The summed E-state index contributed by atoms with van der Waals surface area (Å²) < 4.78 is 5.28. The Kier molecular flexibility index (Phi) is 8.44. The molecule has 0 saturated heterocycles. The molecule has 2 amide bonds. The molecule has 1 aromatic heterocycles. The Labute approximate surface area is 214 Å². The van der Waals surface area contributed by atoms with Crippen molar-refractivity contribution >= 4 is 28.9 Å². The van der Waals surface area contributed by atoms with Gasteiger partial charge < -0.3 is 20.5 Å². The van der Waals surface area contributed by atoms with Gasteiger partial charge in [-0.25, -0.2) is 9.59 Å². The summed E-state index contributed by atoms with van der Waals surface area (Å²) in [6.45, 7) is 0.0394. The van der Waals surface area contributed by atoms with Crippen LogP contribution in [0.1, 0.15) is 16.8 Å². The summed E-state index contributed by atoms with van der Waals surface area (Å²) >= 11 is 0. The molecule has 0 aliphatic rings. The molecule has 0 radical (unpaired) electrons. The zero-order valence-electron chi connectivity index (χ0n) is 20.0. The van der Waals surface area contributed by atoms with E-state index in [0.29, 0.717) is 5.69 Å². The van der Waals surface area contributed by atoms with E-state index in [-0.39, 0.29) is 19.4 Å². The summed E-state index contributed by atoms with van der Waals surface area (Å²) in [6.07, 6.45) is -0.626. The zero-order valence-corrected chi connectivity index (χ0v) is 20.0. The monoisotopic (exact) mass is 497 g/mol. The molecule has 0 aliphatic heterocycles. The van der Waals surface area contributed by atoms with E-state index < -0.39 is 30.1 Å². The van der Waals surface area contributed by atoms with Crippen molar-refractivity contribution in [2.24, 2.45) is 0 Å². The predicted molar refractivity (Wildman–Crippen MR) is 139 cm³/mol. The number of rotatable bonds is 10. The molecule has 1 heterocycles. The number of fused-ring (bicyclic) bond motifs is 1. The van der Waals surface area contributed by atoms with Gasteiger partial charge in [0.15, 0.2) is 0 Å². The number of nitrogens with zero attached hydrogens (tertiary/aromatic N) is 1. The van der Waals surface area contributed by atoms with Crippen molar-refractivity contribution in [3.05, 3.63) is 114 Å². The van der Waals surface area contributed by atoms with Gasteiger partial charge in [0.2, 0.25) is 5.91 Å². The lowest BCUT2D eigenvalue weighted by Gasteiger charge is -2.21. The lowest BCUT2D eigenvalue weighted by Crippen LogP contribution is -2.53. The summed E-state index contributed by atoms with van der Waals surface area (Å²) in [4.78, 5) is 42.3. The molecule has 4 aromatic rings. The van der Waals surface area contributed by atoms with Gasteiger partial charge in [-0.05, 0) is 23.3 Å². The van der Waals surface area contributed by atoms with Gasteiger partial charge in [-0.2, -0.15) is 0 Å². The van der Waals surface area contributed by atoms with Crippen LogP contribution >= 0.6 is 0 Å². The number of aromatic nitrogens is 1. The minimum atomic E-state index is -1.23. The number of ether oxygens (including phenoxy) is 1. The van der Waals surface area contributed by atoms with Crippen LogP contribution < -0.4 is 10.6 Å². The Morgan fingerprint density at radius 2 is 1.38 bits per heavy atom. The highest BCUT2D eigenvalue weighted by molar-refractivity contribution is 5.89.